The van der Waals surface area contributed by atoms with E-state index in [4.69, 9.17) is 10.00 Å². The Morgan fingerprint density at radius 3 is 2.80 bits per heavy atom. The molecule has 1 aromatic heterocycles. The molecule has 2 heterocycles. The number of aromatic amines is 1. The van der Waals surface area contributed by atoms with Gasteiger partial charge >= 0.3 is 0 Å². The van der Waals surface area contributed by atoms with E-state index in [0.717, 1.165) is 11.4 Å². The molecule has 1 N–H and O–H groups in total. The van der Waals surface area contributed by atoms with Crippen molar-refractivity contribution in [3.8, 4) is 6.07 Å². The van der Waals surface area contributed by atoms with Crippen LogP contribution in [0.1, 0.15) is 41.7 Å². The molecule has 2 aromatic rings. The maximum atomic E-state index is 12.7. The Hall–Kier alpha value is -2.72. The van der Waals surface area contributed by atoms with Gasteiger partial charge in [0.15, 0.2) is 5.82 Å². The second-order valence-electron chi connectivity index (χ2n) is 6.24. The second kappa shape index (κ2) is 7.45. The summed E-state index contributed by atoms with van der Waals surface area (Å²) in [6.07, 6.45) is 1.75. The average Bonchev–Trinajstić information content (AvgIpc) is 3.26. The minimum atomic E-state index is -0.150. The fraction of sp³-hybridized carbons (Fsp3) is 0.444. The van der Waals surface area contributed by atoms with Gasteiger partial charge < -0.3 is 9.64 Å². The topological polar surface area (TPSA) is 94.9 Å². The minimum absolute atomic E-state index is 0.00247. The van der Waals surface area contributed by atoms with E-state index in [0.29, 0.717) is 37.2 Å². The van der Waals surface area contributed by atoms with Crippen LogP contribution in [0.5, 0.6) is 0 Å². The largest absolute Gasteiger partial charge is 0.380 e. The summed E-state index contributed by atoms with van der Waals surface area (Å²) in [5.74, 6) is 1.45. The van der Waals surface area contributed by atoms with E-state index in [1.807, 2.05) is 24.0 Å². The number of ether oxygens (including phenoxy) is 1. The highest BCUT2D eigenvalue weighted by Gasteiger charge is 2.38. The maximum absolute atomic E-state index is 12.7. The number of hydrogen-bond donors (Lipinski definition) is 1. The molecule has 0 saturated carbocycles. The normalized spacial score (nSPS) is 19.8. The highest BCUT2D eigenvalue weighted by atomic mass is 16.5. The van der Waals surface area contributed by atoms with Gasteiger partial charge in [-0.3, -0.25) is 9.89 Å². The van der Waals surface area contributed by atoms with Crippen LogP contribution in [-0.2, 0) is 16.0 Å². The first-order valence-electron chi connectivity index (χ1n) is 8.31. The number of aromatic nitrogens is 3. The first-order chi connectivity index (χ1) is 12.1. The number of nitriles is 1. The van der Waals surface area contributed by atoms with Crippen molar-refractivity contribution in [1.29, 1.82) is 5.26 Å². The number of benzene rings is 1. The van der Waals surface area contributed by atoms with E-state index in [2.05, 4.69) is 21.3 Å². The van der Waals surface area contributed by atoms with Crippen molar-refractivity contribution < 1.29 is 9.53 Å². The lowest BCUT2D eigenvalue weighted by Crippen LogP contribution is -2.32. The van der Waals surface area contributed by atoms with Gasteiger partial charge in [-0.1, -0.05) is 12.1 Å². The van der Waals surface area contributed by atoms with Crippen LogP contribution in [0, 0.1) is 18.3 Å². The Morgan fingerprint density at radius 1 is 1.44 bits per heavy atom. The molecule has 1 aliphatic rings. The monoisotopic (exact) mass is 339 g/mol. The van der Waals surface area contributed by atoms with Gasteiger partial charge in [-0.25, -0.2) is 4.98 Å². The van der Waals surface area contributed by atoms with E-state index in [9.17, 15) is 4.79 Å². The van der Waals surface area contributed by atoms with Crippen molar-refractivity contribution in [2.24, 2.45) is 0 Å². The Bertz CT molecular complexity index is 778. The number of aryl methyl sites for hydroxylation is 2. The second-order valence-corrected chi connectivity index (χ2v) is 6.24. The number of hydrogen-bond acceptors (Lipinski definition) is 5. The molecular weight excluding hydrogens is 318 g/mol. The van der Waals surface area contributed by atoms with Crippen molar-refractivity contribution in [1.82, 2.24) is 20.1 Å². The molecule has 0 bridgehead atoms. The summed E-state index contributed by atoms with van der Waals surface area (Å²) in [4.78, 5) is 19.0. The lowest BCUT2D eigenvalue weighted by atomic mass is 10.1. The highest BCUT2D eigenvalue weighted by Crippen LogP contribution is 2.32. The molecule has 1 amide bonds. The molecule has 0 unspecified atom stereocenters. The average molecular weight is 339 g/mol. The van der Waals surface area contributed by atoms with Gasteiger partial charge in [-0.15, -0.1) is 0 Å². The van der Waals surface area contributed by atoms with Crippen LogP contribution >= 0.6 is 0 Å². The third kappa shape index (κ3) is 3.86. The van der Waals surface area contributed by atoms with Crippen molar-refractivity contribution in [3.05, 3.63) is 47.0 Å². The Labute approximate surface area is 146 Å². The van der Waals surface area contributed by atoms with Gasteiger partial charge in [-0.05, 0) is 31.0 Å². The van der Waals surface area contributed by atoms with Crippen LogP contribution < -0.4 is 0 Å². The molecular formula is C18H21N5O2. The molecule has 2 atom stereocenters. The summed E-state index contributed by atoms with van der Waals surface area (Å²) in [5, 5.41) is 15.9. The van der Waals surface area contributed by atoms with E-state index < -0.39 is 0 Å². The van der Waals surface area contributed by atoms with Crippen molar-refractivity contribution >= 4 is 5.91 Å². The summed E-state index contributed by atoms with van der Waals surface area (Å²) in [7, 11) is 1.66. The lowest BCUT2D eigenvalue weighted by Gasteiger charge is -2.22. The lowest BCUT2D eigenvalue weighted by molar-refractivity contribution is -0.132. The quantitative estimate of drug-likeness (QED) is 0.898. The zero-order valence-electron chi connectivity index (χ0n) is 14.4. The van der Waals surface area contributed by atoms with Crippen LogP contribution in [0.15, 0.2) is 24.3 Å². The van der Waals surface area contributed by atoms with Gasteiger partial charge in [0.25, 0.3) is 0 Å². The summed E-state index contributed by atoms with van der Waals surface area (Å²) in [6.45, 7) is 2.40. The number of H-pyrrole nitrogens is 1. The Balaban J connectivity index is 1.67. The molecule has 1 aromatic carbocycles. The summed E-state index contributed by atoms with van der Waals surface area (Å²) in [6, 6.07) is 9.28. The number of methoxy groups -OCH3 is 1. The van der Waals surface area contributed by atoms with Crippen LogP contribution in [-0.4, -0.2) is 45.7 Å². The molecule has 130 valence electrons. The zero-order chi connectivity index (χ0) is 17.8. The number of likely N-dealkylation sites (tertiary alicyclic amines) is 1. The number of nitrogens with zero attached hydrogens (tertiary/aromatic N) is 4. The molecule has 7 nitrogen and oxygen atoms in total. The standard InChI is InChI=1S/C18H21N5O2/c1-12-20-18(22-21-12)16-9-15(25-2)11-23(16)17(24)8-7-13-3-5-14(10-19)6-4-13/h3-6,15-16H,7-9,11H2,1-2H3,(H,20,21,22)/t15-,16+/m1/s1. The van der Waals surface area contributed by atoms with E-state index in [1.165, 1.54) is 0 Å². The van der Waals surface area contributed by atoms with E-state index in [1.54, 1.807) is 19.2 Å². The summed E-state index contributed by atoms with van der Waals surface area (Å²) >= 11 is 0. The number of nitrogens with one attached hydrogen (secondary N) is 1. The molecule has 0 radical (unpaired) electrons. The molecule has 0 aliphatic carbocycles. The Kier molecular flexibility index (Phi) is 5.10. The van der Waals surface area contributed by atoms with E-state index >= 15 is 0 Å². The van der Waals surface area contributed by atoms with Gasteiger partial charge in [-0.2, -0.15) is 10.4 Å². The third-order valence-corrected chi connectivity index (χ3v) is 4.54. The molecule has 7 heteroatoms. The summed E-state index contributed by atoms with van der Waals surface area (Å²) < 4.78 is 5.45. The fourth-order valence-electron chi connectivity index (χ4n) is 3.14. The highest BCUT2D eigenvalue weighted by molar-refractivity contribution is 5.77. The van der Waals surface area contributed by atoms with Gasteiger partial charge in [0.05, 0.1) is 23.8 Å². The van der Waals surface area contributed by atoms with Crippen molar-refractivity contribution in [2.75, 3.05) is 13.7 Å². The van der Waals surface area contributed by atoms with Crippen LogP contribution in [0.3, 0.4) is 0 Å². The number of carbonyl (C=O) groups excluding carboxylic acids is 1. The first-order valence-corrected chi connectivity index (χ1v) is 8.31. The van der Waals surface area contributed by atoms with Crippen molar-refractivity contribution in [3.63, 3.8) is 0 Å². The molecule has 25 heavy (non-hydrogen) atoms. The first kappa shape index (κ1) is 17.1. The smallest absolute Gasteiger partial charge is 0.223 e. The predicted molar refractivity (Wildman–Crippen MR) is 90.5 cm³/mol. The number of rotatable bonds is 5. The van der Waals surface area contributed by atoms with Gasteiger partial charge in [0.1, 0.15) is 5.82 Å². The molecule has 1 aliphatic heterocycles. The third-order valence-electron chi connectivity index (χ3n) is 4.54. The minimum Gasteiger partial charge on any atom is -0.380 e. The van der Waals surface area contributed by atoms with E-state index in [-0.39, 0.29) is 18.1 Å². The summed E-state index contributed by atoms with van der Waals surface area (Å²) in [5.41, 5.74) is 1.66. The SMILES string of the molecule is CO[C@@H]1C[C@@H](c2n[nH]c(C)n2)N(C(=O)CCc2ccc(C#N)cc2)C1. The molecule has 3 rings (SSSR count). The van der Waals surface area contributed by atoms with Crippen LogP contribution in [0.4, 0.5) is 0 Å². The van der Waals surface area contributed by atoms with Crippen molar-refractivity contribution in [2.45, 2.75) is 38.3 Å². The number of carbonyl (C=O) groups is 1. The van der Waals surface area contributed by atoms with Gasteiger partial charge in [0, 0.05) is 26.5 Å². The van der Waals surface area contributed by atoms with Crippen LogP contribution in [0.2, 0.25) is 0 Å². The predicted octanol–water partition coefficient (Wildman–Crippen LogP) is 1.91. The fourth-order valence-corrected chi connectivity index (χ4v) is 3.14. The molecule has 1 fully saturated rings. The van der Waals surface area contributed by atoms with Crippen LogP contribution in [0.25, 0.3) is 0 Å². The molecule has 1 saturated heterocycles. The molecule has 0 spiro atoms. The maximum Gasteiger partial charge on any atom is 0.223 e. The van der Waals surface area contributed by atoms with Gasteiger partial charge in [0.2, 0.25) is 5.91 Å². The number of amides is 1. The Morgan fingerprint density at radius 2 is 2.20 bits per heavy atom. The zero-order valence-corrected chi connectivity index (χ0v) is 14.4.